The molecule has 3 rings (SSSR count). The number of carboxylic acids is 1. The topological polar surface area (TPSA) is 101 Å². The summed E-state index contributed by atoms with van der Waals surface area (Å²) in [4.78, 5) is 11.6. The van der Waals surface area contributed by atoms with Crippen LogP contribution in [0.3, 0.4) is 0 Å². The minimum atomic E-state index is -4.07. The molecule has 0 fully saturated rings. The van der Waals surface area contributed by atoms with Crippen molar-refractivity contribution in [1.29, 1.82) is 0 Å². The Labute approximate surface area is 150 Å². The lowest BCUT2D eigenvalue weighted by molar-refractivity contribution is 0.0696. The minimum absolute atomic E-state index is 0.0124. The Balaban J connectivity index is 2.10. The van der Waals surface area contributed by atoms with E-state index in [2.05, 4.69) is 9.82 Å². The number of fused-ring (bicyclic) bond motifs is 1. The molecule has 0 spiro atoms. The number of nitrogens with one attached hydrogen (secondary N) is 1. The van der Waals surface area contributed by atoms with Crippen molar-refractivity contribution < 1.29 is 18.3 Å². The van der Waals surface area contributed by atoms with Crippen molar-refractivity contribution in [3.8, 4) is 0 Å². The van der Waals surface area contributed by atoms with E-state index < -0.39 is 16.0 Å². The molecular weight excluding hydrogens is 366 g/mol. The van der Waals surface area contributed by atoms with Gasteiger partial charge in [-0.2, -0.15) is 5.10 Å². The Morgan fingerprint density at radius 1 is 1.32 bits per heavy atom. The van der Waals surface area contributed by atoms with Crippen LogP contribution in [0.4, 0.5) is 5.69 Å². The molecule has 1 aliphatic carbocycles. The van der Waals surface area contributed by atoms with Gasteiger partial charge in [0.15, 0.2) is 0 Å². The fourth-order valence-corrected chi connectivity index (χ4v) is 5.09. The predicted molar refractivity (Wildman–Crippen MR) is 93.8 cm³/mol. The number of hydrogen-bond donors (Lipinski definition) is 2. The first-order chi connectivity index (χ1) is 11.7. The second kappa shape index (κ2) is 6.34. The first-order valence-electron chi connectivity index (χ1n) is 7.82. The highest BCUT2D eigenvalue weighted by Gasteiger charge is 2.28. The Morgan fingerprint density at radius 2 is 2.00 bits per heavy atom. The van der Waals surface area contributed by atoms with Crippen molar-refractivity contribution in [1.82, 2.24) is 9.78 Å². The van der Waals surface area contributed by atoms with Crippen molar-refractivity contribution >= 4 is 33.3 Å². The molecule has 2 aromatic rings. The lowest BCUT2D eigenvalue weighted by atomic mass is 9.87. The van der Waals surface area contributed by atoms with E-state index in [0.29, 0.717) is 12.0 Å². The van der Waals surface area contributed by atoms with Gasteiger partial charge in [-0.25, -0.2) is 13.2 Å². The van der Waals surface area contributed by atoms with Crippen LogP contribution in [-0.2, 0) is 29.9 Å². The van der Waals surface area contributed by atoms with E-state index in [4.69, 9.17) is 11.6 Å². The number of carboxylic acid groups (broad SMARTS) is 1. The number of sulfonamides is 1. The van der Waals surface area contributed by atoms with Crippen LogP contribution in [0.5, 0.6) is 0 Å². The minimum Gasteiger partial charge on any atom is -0.478 e. The molecule has 0 unspecified atom stereocenters. The molecule has 0 amide bonds. The number of rotatable bonds is 4. The maximum atomic E-state index is 12.8. The van der Waals surface area contributed by atoms with Crippen LogP contribution in [0.25, 0.3) is 0 Å². The first kappa shape index (κ1) is 17.8. The summed E-state index contributed by atoms with van der Waals surface area (Å²) in [5, 5.41) is 13.6. The summed E-state index contributed by atoms with van der Waals surface area (Å²) in [6.45, 7) is 1.53. The number of aromatic carboxylic acids is 1. The van der Waals surface area contributed by atoms with Crippen molar-refractivity contribution in [3.05, 3.63) is 39.7 Å². The van der Waals surface area contributed by atoms with Gasteiger partial charge in [-0.3, -0.25) is 9.40 Å². The van der Waals surface area contributed by atoms with Gasteiger partial charge < -0.3 is 5.11 Å². The van der Waals surface area contributed by atoms with Gasteiger partial charge in [0.1, 0.15) is 10.0 Å². The number of hydrogen-bond acceptors (Lipinski definition) is 4. The normalized spacial score (nSPS) is 14.2. The van der Waals surface area contributed by atoms with Gasteiger partial charge in [0.25, 0.3) is 10.0 Å². The Bertz CT molecular complexity index is 966. The fourth-order valence-electron chi connectivity index (χ4n) is 3.27. The lowest BCUT2D eigenvalue weighted by Gasteiger charge is -2.20. The van der Waals surface area contributed by atoms with Crippen LogP contribution in [-0.4, -0.2) is 29.3 Å². The number of aromatic nitrogens is 2. The first-order valence-corrected chi connectivity index (χ1v) is 9.68. The van der Waals surface area contributed by atoms with E-state index in [1.54, 1.807) is 6.07 Å². The second-order valence-corrected chi connectivity index (χ2v) is 8.05. The van der Waals surface area contributed by atoms with Gasteiger partial charge in [0.2, 0.25) is 0 Å². The number of carbonyl (C=O) groups is 1. The fraction of sp³-hybridized carbons (Fsp3) is 0.375. The summed E-state index contributed by atoms with van der Waals surface area (Å²) in [5.41, 5.74) is 1.97. The van der Waals surface area contributed by atoms with Crippen molar-refractivity contribution in [2.75, 3.05) is 4.72 Å². The second-order valence-electron chi connectivity index (χ2n) is 6.07. The van der Waals surface area contributed by atoms with Crippen molar-refractivity contribution in [2.24, 2.45) is 7.05 Å². The van der Waals surface area contributed by atoms with E-state index in [-0.39, 0.29) is 27.0 Å². The van der Waals surface area contributed by atoms with Gasteiger partial charge in [0.05, 0.1) is 16.9 Å². The molecule has 0 bridgehead atoms. The van der Waals surface area contributed by atoms with E-state index in [9.17, 15) is 18.3 Å². The third-order valence-electron chi connectivity index (χ3n) is 4.36. The Hall–Kier alpha value is -2.06. The molecule has 1 aromatic heterocycles. The van der Waals surface area contributed by atoms with Crippen LogP contribution < -0.4 is 4.72 Å². The number of anilines is 1. The van der Waals surface area contributed by atoms with Gasteiger partial charge in [0, 0.05) is 7.05 Å². The Kier molecular flexibility index (Phi) is 4.51. The maximum absolute atomic E-state index is 12.8. The lowest BCUT2D eigenvalue weighted by Crippen LogP contribution is -2.19. The average Bonchev–Trinajstić information content (AvgIpc) is 2.79. The van der Waals surface area contributed by atoms with Crippen molar-refractivity contribution in [3.63, 3.8) is 0 Å². The monoisotopic (exact) mass is 383 g/mol. The molecule has 25 heavy (non-hydrogen) atoms. The average molecular weight is 384 g/mol. The molecule has 2 N–H and O–H groups in total. The summed E-state index contributed by atoms with van der Waals surface area (Å²) >= 11 is 6.05. The standard InChI is InChI=1S/C16H18ClN3O4S/c1-9-14(15(17)20(2)18-9)25(23,24)19-12-8-7-10-5-3-4-6-11(10)13(12)16(21)22/h7-8,19H,3-6H2,1-2H3,(H,21,22). The maximum Gasteiger partial charge on any atom is 0.338 e. The zero-order chi connectivity index (χ0) is 18.4. The molecule has 7 nitrogen and oxygen atoms in total. The van der Waals surface area contributed by atoms with Gasteiger partial charge in [-0.15, -0.1) is 0 Å². The molecule has 0 saturated carbocycles. The quantitative estimate of drug-likeness (QED) is 0.845. The smallest absolute Gasteiger partial charge is 0.338 e. The largest absolute Gasteiger partial charge is 0.478 e. The highest BCUT2D eigenvalue weighted by atomic mass is 35.5. The van der Waals surface area contributed by atoms with E-state index in [1.807, 2.05) is 0 Å². The molecular formula is C16H18ClN3O4S. The molecule has 9 heteroatoms. The molecule has 0 atom stereocenters. The molecule has 1 aliphatic rings. The number of nitrogens with zero attached hydrogens (tertiary/aromatic N) is 2. The highest BCUT2D eigenvalue weighted by Crippen LogP contribution is 2.32. The molecule has 0 radical (unpaired) electrons. The SMILES string of the molecule is Cc1nn(C)c(Cl)c1S(=O)(=O)Nc1ccc2c(c1C(=O)O)CCCC2. The zero-order valence-corrected chi connectivity index (χ0v) is 15.4. The summed E-state index contributed by atoms with van der Waals surface area (Å²) in [5.74, 6) is -1.15. The van der Waals surface area contributed by atoms with Gasteiger partial charge in [-0.05, 0) is 49.8 Å². The van der Waals surface area contributed by atoms with E-state index in [0.717, 1.165) is 24.8 Å². The number of halogens is 1. The summed E-state index contributed by atoms with van der Waals surface area (Å²) in [6.07, 6.45) is 3.31. The van der Waals surface area contributed by atoms with Crippen LogP contribution in [0.2, 0.25) is 5.15 Å². The summed E-state index contributed by atoms with van der Waals surface area (Å²) in [6, 6.07) is 3.29. The van der Waals surface area contributed by atoms with Crippen LogP contribution in [0.1, 0.15) is 40.0 Å². The molecule has 0 saturated heterocycles. The molecule has 1 heterocycles. The highest BCUT2D eigenvalue weighted by molar-refractivity contribution is 7.92. The van der Waals surface area contributed by atoms with Crippen LogP contribution in [0, 0.1) is 6.92 Å². The van der Waals surface area contributed by atoms with Gasteiger partial charge in [-0.1, -0.05) is 17.7 Å². The van der Waals surface area contributed by atoms with Crippen molar-refractivity contribution in [2.45, 2.75) is 37.5 Å². The molecule has 1 aromatic carbocycles. The predicted octanol–water partition coefficient (Wildman–Crippen LogP) is 2.76. The summed E-state index contributed by atoms with van der Waals surface area (Å²) in [7, 11) is -2.53. The zero-order valence-electron chi connectivity index (χ0n) is 13.8. The third-order valence-corrected chi connectivity index (χ3v) is 6.42. The number of benzene rings is 1. The van der Waals surface area contributed by atoms with E-state index >= 15 is 0 Å². The molecule has 0 aliphatic heterocycles. The van der Waals surface area contributed by atoms with Gasteiger partial charge >= 0.3 is 5.97 Å². The molecule has 134 valence electrons. The Morgan fingerprint density at radius 3 is 2.60 bits per heavy atom. The van der Waals surface area contributed by atoms with Crippen LogP contribution in [0.15, 0.2) is 17.0 Å². The summed E-state index contributed by atoms with van der Waals surface area (Å²) < 4.78 is 29.2. The number of aryl methyl sites for hydroxylation is 3. The third kappa shape index (κ3) is 3.11. The van der Waals surface area contributed by atoms with E-state index in [1.165, 1.54) is 24.7 Å². The van der Waals surface area contributed by atoms with Crippen LogP contribution >= 0.6 is 11.6 Å².